The molecule has 0 aromatic rings. The lowest BCUT2D eigenvalue weighted by atomic mass is 9.87. The van der Waals surface area contributed by atoms with Gasteiger partial charge in [-0.05, 0) is 25.7 Å². The molecule has 0 spiro atoms. The topological polar surface area (TPSA) is 40.6 Å². The molecule has 2 atom stereocenters. The minimum atomic E-state index is 0. The molecule has 0 N–H and O–H groups in total. The molecular weight excluding hydrogens is 347 g/mol. The minimum absolute atomic E-state index is 0. The fraction of sp³-hybridized carbons (Fsp3) is 0.889. The van der Waals surface area contributed by atoms with Crippen molar-refractivity contribution >= 4 is 36.4 Å². The summed E-state index contributed by atoms with van der Waals surface area (Å²) < 4.78 is 0. The fourth-order valence-electron chi connectivity index (χ4n) is 4.27. The second-order valence-corrected chi connectivity index (χ2v) is 7.42. The van der Waals surface area contributed by atoms with Crippen molar-refractivity contribution in [1.82, 2.24) is 9.80 Å². The van der Waals surface area contributed by atoms with E-state index in [9.17, 15) is 9.59 Å². The Labute approximate surface area is 158 Å². The Morgan fingerprint density at radius 1 is 0.667 bits per heavy atom. The Kier molecular flexibility index (Phi) is 9.80. The van der Waals surface area contributed by atoms with Gasteiger partial charge < -0.3 is 9.80 Å². The molecule has 1 aliphatic heterocycles. The monoisotopic (exact) mass is 378 g/mol. The van der Waals surface area contributed by atoms with Gasteiger partial charge in [-0.25, -0.2) is 0 Å². The maximum absolute atomic E-state index is 12.0. The molecule has 0 aromatic heterocycles. The smallest absolute Gasteiger partial charge is 0.137 e. The van der Waals surface area contributed by atoms with Crippen LogP contribution in [-0.4, -0.2) is 60.6 Å². The van der Waals surface area contributed by atoms with Crippen molar-refractivity contribution in [3.63, 3.8) is 0 Å². The second-order valence-electron chi connectivity index (χ2n) is 7.42. The predicted molar refractivity (Wildman–Crippen MR) is 101 cm³/mol. The standard InChI is InChI=1S/C18H30N2O2.2ClH/c21-17-7-3-1-5-15(17)13-19-9-11-20(12-10-19)14-16-6-2-4-8-18(16)22;;/h15-16H,1-14H2;2*1H. The predicted octanol–water partition coefficient (Wildman–Crippen LogP) is 2.97. The summed E-state index contributed by atoms with van der Waals surface area (Å²) >= 11 is 0. The molecule has 0 aromatic carbocycles. The lowest BCUT2D eigenvalue weighted by Crippen LogP contribution is -2.50. The summed E-state index contributed by atoms with van der Waals surface area (Å²) in [6.07, 6.45) is 8.42. The van der Waals surface area contributed by atoms with Crippen molar-refractivity contribution in [2.75, 3.05) is 39.3 Å². The second kappa shape index (κ2) is 10.7. The summed E-state index contributed by atoms with van der Waals surface area (Å²) in [6, 6.07) is 0. The molecule has 2 saturated carbocycles. The Morgan fingerprint density at radius 3 is 1.38 bits per heavy atom. The van der Waals surface area contributed by atoms with Gasteiger partial charge in [0.05, 0.1) is 0 Å². The van der Waals surface area contributed by atoms with E-state index in [1.807, 2.05) is 0 Å². The van der Waals surface area contributed by atoms with Crippen LogP contribution >= 0.6 is 24.8 Å². The van der Waals surface area contributed by atoms with Crippen LogP contribution < -0.4 is 0 Å². The molecule has 6 heteroatoms. The number of nitrogens with zero attached hydrogens (tertiary/aromatic N) is 2. The van der Waals surface area contributed by atoms with Crippen molar-refractivity contribution in [2.24, 2.45) is 11.8 Å². The fourth-order valence-corrected chi connectivity index (χ4v) is 4.27. The number of hydrogen-bond acceptors (Lipinski definition) is 4. The van der Waals surface area contributed by atoms with E-state index in [-0.39, 0.29) is 24.8 Å². The maximum Gasteiger partial charge on any atom is 0.137 e. The molecule has 3 fully saturated rings. The van der Waals surface area contributed by atoms with Crippen molar-refractivity contribution in [3.05, 3.63) is 0 Å². The third-order valence-corrected chi connectivity index (χ3v) is 5.78. The van der Waals surface area contributed by atoms with Crippen molar-refractivity contribution in [3.8, 4) is 0 Å². The third kappa shape index (κ3) is 5.98. The highest BCUT2D eigenvalue weighted by Crippen LogP contribution is 2.24. The Balaban J connectivity index is 0.00000144. The molecule has 3 rings (SSSR count). The molecule has 1 saturated heterocycles. The van der Waals surface area contributed by atoms with Crippen LogP contribution in [0.25, 0.3) is 0 Å². The van der Waals surface area contributed by atoms with Crippen LogP contribution in [0.1, 0.15) is 51.4 Å². The van der Waals surface area contributed by atoms with Gasteiger partial charge in [0.15, 0.2) is 0 Å². The van der Waals surface area contributed by atoms with Gasteiger partial charge in [-0.3, -0.25) is 9.59 Å². The Bertz CT molecular complexity index is 374. The molecule has 24 heavy (non-hydrogen) atoms. The summed E-state index contributed by atoms with van der Waals surface area (Å²) in [5, 5.41) is 0. The van der Waals surface area contributed by atoms with Crippen molar-refractivity contribution in [2.45, 2.75) is 51.4 Å². The number of hydrogen-bond donors (Lipinski definition) is 0. The largest absolute Gasteiger partial charge is 0.300 e. The minimum Gasteiger partial charge on any atom is -0.300 e. The Morgan fingerprint density at radius 2 is 1.04 bits per heavy atom. The lowest BCUT2D eigenvalue weighted by Gasteiger charge is -2.38. The molecule has 2 aliphatic carbocycles. The van der Waals surface area contributed by atoms with E-state index < -0.39 is 0 Å². The van der Waals surface area contributed by atoms with E-state index in [1.54, 1.807) is 0 Å². The summed E-state index contributed by atoms with van der Waals surface area (Å²) in [5.41, 5.74) is 0. The van der Waals surface area contributed by atoms with E-state index in [1.165, 1.54) is 12.8 Å². The zero-order valence-corrected chi connectivity index (χ0v) is 16.2. The molecule has 0 radical (unpaired) electrons. The molecular formula is C18H32Cl2N2O2. The first-order valence-corrected chi connectivity index (χ1v) is 9.22. The van der Waals surface area contributed by atoms with E-state index in [4.69, 9.17) is 0 Å². The molecule has 4 nitrogen and oxygen atoms in total. The van der Waals surface area contributed by atoms with Gasteiger partial charge in [-0.1, -0.05) is 12.8 Å². The summed E-state index contributed by atoms with van der Waals surface area (Å²) in [5.74, 6) is 1.56. The van der Waals surface area contributed by atoms with Crippen LogP contribution in [0.2, 0.25) is 0 Å². The zero-order chi connectivity index (χ0) is 15.4. The molecule has 0 amide bonds. The van der Waals surface area contributed by atoms with E-state index in [2.05, 4.69) is 9.80 Å². The highest BCUT2D eigenvalue weighted by Gasteiger charge is 2.28. The van der Waals surface area contributed by atoms with Gasteiger partial charge in [0.1, 0.15) is 11.6 Å². The van der Waals surface area contributed by atoms with Crippen LogP contribution in [-0.2, 0) is 9.59 Å². The first kappa shape index (κ1) is 21.9. The van der Waals surface area contributed by atoms with Crippen LogP contribution in [0.5, 0.6) is 0 Å². The number of carbonyl (C=O) groups is 2. The molecule has 1 heterocycles. The average Bonchev–Trinajstić information content (AvgIpc) is 2.54. The number of carbonyl (C=O) groups excluding carboxylic acids is 2. The van der Waals surface area contributed by atoms with Crippen LogP contribution in [0.15, 0.2) is 0 Å². The first-order chi connectivity index (χ1) is 10.7. The van der Waals surface area contributed by atoms with Gasteiger partial charge in [-0.15, -0.1) is 24.8 Å². The molecule has 140 valence electrons. The third-order valence-electron chi connectivity index (χ3n) is 5.78. The maximum atomic E-state index is 12.0. The number of piperazine rings is 1. The summed E-state index contributed by atoms with van der Waals surface area (Å²) in [6.45, 7) is 6.18. The van der Waals surface area contributed by atoms with Crippen LogP contribution in [0.3, 0.4) is 0 Å². The summed E-state index contributed by atoms with van der Waals surface area (Å²) in [7, 11) is 0. The highest BCUT2D eigenvalue weighted by atomic mass is 35.5. The lowest BCUT2D eigenvalue weighted by molar-refractivity contribution is -0.126. The quantitative estimate of drug-likeness (QED) is 0.753. The van der Waals surface area contributed by atoms with Crippen LogP contribution in [0, 0.1) is 11.8 Å². The van der Waals surface area contributed by atoms with Gasteiger partial charge in [0, 0.05) is 63.9 Å². The van der Waals surface area contributed by atoms with Gasteiger partial charge in [0.25, 0.3) is 0 Å². The first-order valence-electron chi connectivity index (χ1n) is 9.22. The normalized spacial score (nSPS) is 29.7. The zero-order valence-electron chi connectivity index (χ0n) is 14.6. The van der Waals surface area contributed by atoms with Gasteiger partial charge in [0.2, 0.25) is 0 Å². The molecule has 2 unspecified atom stereocenters. The van der Waals surface area contributed by atoms with Crippen molar-refractivity contribution in [1.29, 1.82) is 0 Å². The van der Waals surface area contributed by atoms with Gasteiger partial charge >= 0.3 is 0 Å². The van der Waals surface area contributed by atoms with E-state index in [0.29, 0.717) is 23.4 Å². The SMILES string of the molecule is Cl.Cl.O=C1CCCCC1CN1CCN(CC2CCCCC2=O)CC1. The van der Waals surface area contributed by atoms with Crippen LogP contribution in [0.4, 0.5) is 0 Å². The van der Waals surface area contributed by atoms with E-state index >= 15 is 0 Å². The summed E-state index contributed by atoms with van der Waals surface area (Å²) in [4.78, 5) is 28.8. The van der Waals surface area contributed by atoms with E-state index in [0.717, 1.165) is 77.8 Å². The number of halogens is 2. The number of Topliss-reactive ketones (excluding diaryl/α,β-unsaturated/α-hetero) is 2. The number of ketones is 2. The molecule has 0 bridgehead atoms. The molecule has 3 aliphatic rings. The highest BCUT2D eigenvalue weighted by molar-refractivity contribution is 5.85. The van der Waals surface area contributed by atoms with Gasteiger partial charge in [-0.2, -0.15) is 0 Å². The number of rotatable bonds is 4. The average molecular weight is 379 g/mol. The Hall–Kier alpha value is -0.160. The van der Waals surface area contributed by atoms with Crippen molar-refractivity contribution < 1.29 is 9.59 Å².